The maximum absolute atomic E-state index is 17.1. The van der Waals surface area contributed by atoms with Crippen molar-refractivity contribution < 1.29 is 27.8 Å². The molecule has 2 bridgehead atoms. The Hall–Kier alpha value is -4.98. The Kier molecular flexibility index (Phi) is 8.42. The summed E-state index contributed by atoms with van der Waals surface area (Å²) in [5.74, 6) is 1.74. The van der Waals surface area contributed by atoms with Gasteiger partial charge in [0, 0.05) is 52.4 Å². The summed E-state index contributed by atoms with van der Waals surface area (Å²) in [7, 11) is 0. The number of rotatable bonds is 3. The minimum absolute atomic E-state index is 0.0423. The van der Waals surface area contributed by atoms with Crippen LogP contribution in [0, 0.1) is 37.8 Å². The topological polar surface area (TPSA) is 96.9 Å². The Morgan fingerprint density at radius 3 is 2.24 bits per heavy atom. The highest BCUT2D eigenvalue weighted by Gasteiger charge is 2.45. The fourth-order valence-electron chi connectivity index (χ4n) is 6.89. The smallest absolute Gasteiger partial charge is 0.412 e. The van der Waals surface area contributed by atoms with Gasteiger partial charge in [-0.05, 0) is 97.4 Å². The van der Waals surface area contributed by atoms with E-state index in [1.165, 1.54) is 18.2 Å². The number of benzene rings is 2. The number of hydrogen-bond donors (Lipinski definition) is 1. The van der Waals surface area contributed by atoms with Crippen LogP contribution in [-0.4, -0.2) is 63.4 Å². The summed E-state index contributed by atoms with van der Waals surface area (Å²) in [5, 5.41) is 4.33. The van der Waals surface area contributed by atoms with Crippen LogP contribution in [0.4, 0.5) is 29.9 Å². The van der Waals surface area contributed by atoms with Crippen molar-refractivity contribution in [2.24, 2.45) is 0 Å². The number of aryl methyl sites for hydroxylation is 2. The minimum Gasteiger partial charge on any atom is -0.444 e. The third-order valence-corrected chi connectivity index (χ3v) is 8.95. The molecule has 2 atom stereocenters. The molecule has 2 amide bonds. The zero-order valence-corrected chi connectivity index (χ0v) is 29.1. The number of carbonyl (C=O) groups excluding carboxylic acids is 2. The Labute approximate surface area is 285 Å². The van der Waals surface area contributed by atoms with E-state index in [1.54, 1.807) is 40.0 Å². The Bertz CT molecular complexity index is 2050. The summed E-state index contributed by atoms with van der Waals surface area (Å²) in [5.41, 5.74) is 0.333. The van der Waals surface area contributed by atoms with Crippen molar-refractivity contribution in [3.05, 3.63) is 58.9 Å². The molecule has 2 fully saturated rings. The van der Waals surface area contributed by atoms with Gasteiger partial charge < -0.3 is 14.4 Å². The summed E-state index contributed by atoms with van der Waals surface area (Å²) < 4.78 is 43.3. The Morgan fingerprint density at radius 2 is 1.63 bits per heavy atom. The summed E-state index contributed by atoms with van der Waals surface area (Å²) >= 11 is 0. The molecule has 2 saturated heterocycles. The fraction of sp³-hybridized carbons (Fsp3) is 0.421. The van der Waals surface area contributed by atoms with E-state index in [-0.39, 0.29) is 35.0 Å². The van der Waals surface area contributed by atoms with Gasteiger partial charge in [-0.1, -0.05) is 12.0 Å². The van der Waals surface area contributed by atoms with Gasteiger partial charge in [-0.25, -0.2) is 23.4 Å². The second-order valence-corrected chi connectivity index (χ2v) is 14.8. The van der Waals surface area contributed by atoms with Crippen molar-refractivity contribution in [2.45, 2.75) is 91.5 Å². The van der Waals surface area contributed by atoms with Crippen LogP contribution in [0.3, 0.4) is 0 Å². The van der Waals surface area contributed by atoms with Crippen molar-refractivity contribution in [1.29, 1.82) is 0 Å². The minimum atomic E-state index is -0.751. The molecular weight excluding hydrogens is 628 g/mol. The van der Waals surface area contributed by atoms with Crippen LogP contribution in [0.1, 0.15) is 71.2 Å². The molecule has 0 aliphatic carbocycles. The SMILES string of the molecule is C#Cc1c(F)ccc2cc(NC(=O)OC(C)(C)C)cc(-c3ncc4c(N5CC6CCC(C5)N6C(=O)OC(C)(C)C)nc(C)c(C)c4c3F)c12. The van der Waals surface area contributed by atoms with E-state index >= 15 is 8.78 Å². The molecule has 9 nitrogen and oxygen atoms in total. The highest BCUT2D eigenvalue weighted by atomic mass is 19.1. The molecule has 0 saturated carbocycles. The Balaban J connectivity index is 1.46. The van der Waals surface area contributed by atoms with E-state index in [2.05, 4.69) is 21.1 Å². The number of halogens is 2. The number of pyridine rings is 2. The van der Waals surface area contributed by atoms with Crippen LogP contribution in [0.5, 0.6) is 0 Å². The lowest BCUT2D eigenvalue weighted by molar-refractivity contribution is 0.0122. The van der Waals surface area contributed by atoms with E-state index in [9.17, 15) is 9.59 Å². The molecule has 4 aromatic rings. The second-order valence-electron chi connectivity index (χ2n) is 14.8. The first-order chi connectivity index (χ1) is 23.0. The van der Waals surface area contributed by atoms with Crippen LogP contribution in [-0.2, 0) is 9.47 Å². The quantitative estimate of drug-likeness (QED) is 0.220. The zero-order chi connectivity index (χ0) is 35.6. The number of carbonyl (C=O) groups is 2. The number of amides is 2. The normalized spacial score (nSPS) is 17.7. The molecule has 6 rings (SSSR count). The number of terminal acetylenes is 1. The number of fused-ring (bicyclic) bond motifs is 4. The Morgan fingerprint density at radius 1 is 0.980 bits per heavy atom. The lowest BCUT2D eigenvalue weighted by atomic mass is 9.94. The summed E-state index contributed by atoms with van der Waals surface area (Å²) in [6.07, 6.45) is 7.98. The first kappa shape index (κ1) is 33.9. The van der Waals surface area contributed by atoms with E-state index in [0.29, 0.717) is 57.4 Å². The highest BCUT2D eigenvalue weighted by molar-refractivity contribution is 6.06. The molecule has 2 aliphatic rings. The van der Waals surface area contributed by atoms with E-state index in [4.69, 9.17) is 20.9 Å². The van der Waals surface area contributed by atoms with Crippen molar-refractivity contribution in [3.8, 4) is 23.6 Å². The van der Waals surface area contributed by atoms with Crippen LogP contribution in [0.25, 0.3) is 32.8 Å². The van der Waals surface area contributed by atoms with E-state index in [0.717, 1.165) is 12.8 Å². The predicted octanol–water partition coefficient (Wildman–Crippen LogP) is 8.26. The molecule has 1 N–H and O–H groups in total. The molecule has 2 unspecified atom stereocenters. The third kappa shape index (κ3) is 6.44. The van der Waals surface area contributed by atoms with Gasteiger partial charge in [0.05, 0.1) is 17.6 Å². The first-order valence-electron chi connectivity index (χ1n) is 16.4. The van der Waals surface area contributed by atoms with Gasteiger partial charge in [0.1, 0.15) is 28.5 Å². The largest absolute Gasteiger partial charge is 0.444 e. The first-order valence-corrected chi connectivity index (χ1v) is 16.4. The molecule has 0 spiro atoms. The lowest BCUT2D eigenvalue weighted by Gasteiger charge is -2.42. The van der Waals surface area contributed by atoms with Gasteiger partial charge in [0.15, 0.2) is 5.82 Å². The average molecular weight is 670 g/mol. The predicted molar refractivity (Wildman–Crippen MR) is 187 cm³/mol. The number of nitrogens with one attached hydrogen (secondary N) is 1. The van der Waals surface area contributed by atoms with Crippen molar-refractivity contribution in [2.75, 3.05) is 23.3 Å². The van der Waals surface area contributed by atoms with Gasteiger partial charge in [-0.2, -0.15) is 0 Å². The second kappa shape index (κ2) is 12.2. The molecule has 256 valence electrons. The average Bonchev–Trinajstić information content (AvgIpc) is 3.26. The number of anilines is 2. The van der Waals surface area contributed by atoms with Crippen LogP contribution in [0.2, 0.25) is 0 Å². The van der Waals surface area contributed by atoms with Crippen molar-refractivity contribution >= 4 is 45.2 Å². The highest BCUT2D eigenvalue weighted by Crippen LogP contribution is 2.41. The number of piperazine rings is 1. The maximum Gasteiger partial charge on any atom is 0.412 e. The summed E-state index contributed by atoms with van der Waals surface area (Å²) in [6.45, 7) is 15.4. The van der Waals surface area contributed by atoms with Gasteiger partial charge in [-0.15, -0.1) is 6.42 Å². The van der Waals surface area contributed by atoms with E-state index in [1.807, 2.05) is 32.6 Å². The standard InChI is InChI=1S/C38H41F2N5O4/c1-10-26-29(39)14-11-22-15-23(43-35(46)48-37(4,5)6)16-27(31(22)26)33-32(40)30-20(2)21(3)42-34(28(30)17-41-33)44-18-24-12-13-25(19-44)45(24)36(47)49-38(7,8)9/h1,11,14-17,24-25H,12-13,18-19H2,2-9H3,(H,43,46). The molecule has 4 heterocycles. The molecule has 11 heteroatoms. The molecule has 2 aliphatic heterocycles. The third-order valence-electron chi connectivity index (χ3n) is 8.95. The van der Waals surface area contributed by atoms with Crippen LogP contribution in [0.15, 0.2) is 30.5 Å². The summed E-state index contributed by atoms with van der Waals surface area (Å²) in [6, 6.07) is 5.77. The molecular formula is C38H41F2N5O4. The van der Waals surface area contributed by atoms with Gasteiger partial charge in [-0.3, -0.25) is 15.2 Å². The van der Waals surface area contributed by atoms with Crippen LogP contribution < -0.4 is 10.2 Å². The monoisotopic (exact) mass is 669 g/mol. The lowest BCUT2D eigenvalue weighted by Crippen LogP contribution is -2.57. The van der Waals surface area contributed by atoms with Gasteiger partial charge in [0.2, 0.25) is 0 Å². The van der Waals surface area contributed by atoms with Gasteiger partial charge in [0.25, 0.3) is 0 Å². The van der Waals surface area contributed by atoms with Gasteiger partial charge >= 0.3 is 12.2 Å². The summed E-state index contributed by atoms with van der Waals surface area (Å²) in [4.78, 5) is 39.3. The zero-order valence-electron chi connectivity index (χ0n) is 29.1. The molecule has 49 heavy (non-hydrogen) atoms. The fourth-order valence-corrected chi connectivity index (χ4v) is 6.89. The molecule has 2 aromatic carbocycles. The number of hydrogen-bond acceptors (Lipinski definition) is 7. The van der Waals surface area contributed by atoms with Crippen molar-refractivity contribution in [3.63, 3.8) is 0 Å². The van der Waals surface area contributed by atoms with E-state index < -0.39 is 28.9 Å². The van der Waals surface area contributed by atoms with Crippen LogP contribution >= 0.6 is 0 Å². The number of ether oxygens (including phenoxy) is 2. The number of nitrogens with zero attached hydrogens (tertiary/aromatic N) is 4. The number of aromatic nitrogens is 2. The van der Waals surface area contributed by atoms with Crippen molar-refractivity contribution in [1.82, 2.24) is 14.9 Å². The molecule has 2 aromatic heterocycles. The maximum atomic E-state index is 17.1. The molecule has 0 radical (unpaired) electrons.